The second-order valence-corrected chi connectivity index (χ2v) is 6.81. The van der Waals surface area contributed by atoms with Crippen LogP contribution in [0.4, 0.5) is 0 Å². The minimum atomic E-state index is -1.16. The molecule has 2 rings (SSSR count). The van der Waals surface area contributed by atoms with E-state index in [9.17, 15) is 9.59 Å². The number of nitrogens with one attached hydrogen (secondary N) is 1. The van der Waals surface area contributed by atoms with Gasteiger partial charge in [0.15, 0.2) is 10.4 Å². The van der Waals surface area contributed by atoms with Crippen LogP contribution in [0.2, 0.25) is 0 Å². The highest BCUT2D eigenvalue weighted by Crippen LogP contribution is 2.25. The summed E-state index contributed by atoms with van der Waals surface area (Å²) >= 11 is 3.18. The lowest BCUT2D eigenvalue weighted by Crippen LogP contribution is -2.44. The van der Waals surface area contributed by atoms with Crippen molar-refractivity contribution >= 4 is 27.8 Å². The molecule has 1 atom stereocenters. The molecule has 0 unspecified atom stereocenters. The number of amides is 1. The zero-order valence-corrected chi connectivity index (χ0v) is 14.7. The van der Waals surface area contributed by atoms with Gasteiger partial charge in [0.25, 0.3) is 5.91 Å². The number of benzene rings is 1. The zero-order valence-electron chi connectivity index (χ0n) is 13.1. The van der Waals surface area contributed by atoms with Gasteiger partial charge in [-0.1, -0.05) is 18.2 Å². The summed E-state index contributed by atoms with van der Waals surface area (Å²) in [4.78, 5) is 24.7. The normalized spacial score (nSPS) is 12.5. The maximum Gasteiger partial charge on any atom is 0.339 e. The first-order valence-electron chi connectivity index (χ1n) is 7.09. The molecule has 0 aliphatic heterocycles. The molecule has 1 amide bonds. The third-order valence-electron chi connectivity index (χ3n) is 2.82. The maximum atomic E-state index is 12.5. The Bertz CT molecular complexity index is 688. The van der Waals surface area contributed by atoms with Crippen LogP contribution in [0.1, 0.15) is 43.0 Å². The quantitative estimate of drug-likeness (QED) is 0.818. The lowest BCUT2D eigenvalue weighted by molar-refractivity contribution is -0.132. The number of carbonyl (C=O) groups excluding carboxylic acids is 2. The van der Waals surface area contributed by atoms with E-state index in [2.05, 4.69) is 21.2 Å². The summed E-state index contributed by atoms with van der Waals surface area (Å²) in [6.45, 7) is 5.54. The van der Waals surface area contributed by atoms with Gasteiger partial charge in [-0.3, -0.25) is 4.79 Å². The number of carbonyl (C=O) groups is 2. The molecule has 23 heavy (non-hydrogen) atoms. The van der Waals surface area contributed by atoms with Gasteiger partial charge in [0.05, 0.1) is 5.56 Å². The lowest BCUT2D eigenvalue weighted by atomic mass is 10.1. The van der Waals surface area contributed by atoms with E-state index in [0.717, 1.165) is 0 Å². The second-order valence-electron chi connectivity index (χ2n) is 6.03. The summed E-state index contributed by atoms with van der Waals surface area (Å²) in [7, 11) is 0. The SMILES string of the molecule is CC(C)(C)NC(=O)[C@H](OC(=O)c1ccccc1)c1ccc(Br)o1. The van der Waals surface area contributed by atoms with Crippen molar-refractivity contribution in [3.8, 4) is 0 Å². The van der Waals surface area contributed by atoms with Crippen LogP contribution >= 0.6 is 15.9 Å². The summed E-state index contributed by atoms with van der Waals surface area (Å²) in [6, 6.07) is 11.7. The number of hydrogen-bond donors (Lipinski definition) is 1. The first-order valence-corrected chi connectivity index (χ1v) is 7.89. The van der Waals surface area contributed by atoms with Gasteiger partial charge in [-0.15, -0.1) is 0 Å². The van der Waals surface area contributed by atoms with Gasteiger partial charge in [0, 0.05) is 5.54 Å². The number of esters is 1. The fourth-order valence-electron chi connectivity index (χ4n) is 1.89. The molecule has 0 bridgehead atoms. The average Bonchev–Trinajstić information content (AvgIpc) is 2.89. The smallest absolute Gasteiger partial charge is 0.339 e. The third-order valence-corrected chi connectivity index (χ3v) is 3.25. The molecule has 0 aliphatic rings. The summed E-state index contributed by atoms with van der Waals surface area (Å²) < 4.78 is 11.2. The van der Waals surface area contributed by atoms with Crippen molar-refractivity contribution in [2.24, 2.45) is 0 Å². The first kappa shape index (κ1) is 17.3. The molecule has 0 aliphatic carbocycles. The summed E-state index contributed by atoms with van der Waals surface area (Å²) in [5, 5.41) is 2.79. The Morgan fingerprint density at radius 2 is 1.78 bits per heavy atom. The standard InChI is InChI=1S/C17H18BrNO4/c1-17(2,3)19-15(20)14(12-9-10-13(18)22-12)23-16(21)11-7-5-4-6-8-11/h4-10,14H,1-3H3,(H,19,20)/t14-/m1/s1. The van der Waals surface area contributed by atoms with E-state index < -0.39 is 23.5 Å². The van der Waals surface area contributed by atoms with Crippen molar-refractivity contribution in [2.45, 2.75) is 32.4 Å². The molecule has 1 aromatic heterocycles. The Morgan fingerprint density at radius 3 is 2.30 bits per heavy atom. The van der Waals surface area contributed by atoms with Gasteiger partial charge in [-0.05, 0) is 61.0 Å². The Hall–Kier alpha value is -2.08. The molecule has 5 nitrogen and oxygen atoms in total. The highest BCUT2D eigenvalue weighted by molar-refractivity contribution is 9.10. The molecule has 1 aromatic carbocycles. The Kier molecular flexibility index (Phi) is 5.26. The number of halogens is 1. The van der Waals surface area contributed by atoms with Crippen LogP contribution in [-0.4, -0.2) is 17.4 Å². The number of ether oxygens (including phenoxy) is 1. The molecule has 0 fully saturated rings. The molecule has 122 valence electrons. The topological polar surface area (TPSA) is 68.5 Å². The second kappa shape index (κ2) is 7.00. The van der Waals surface area contributed by atoms with Crippen LogP contribution in [-0.2, 0) is 9.53 Å². The van der Waals surface area contributed by atoms with Gasteiger partial charge in [-0.2, -0.15) is 0 Å². The molecule has 1 N–H and O–H groups in total. The van der Waals surface area contributed by atoms with Crippen molar-refractivity contribution in [1.82, 2.24) is 5.32 Å². The number of rotatable bonds is 4. The van der Waals surface area contributed by atoms with E-state index in [1.54, 1.807) is 42.5 Å². The Labute approximate surface area is 143 Å². The largest absolute Gasteiger partial charge is 0.450 e. The van der Waals surface area contributed by atoms with Gasteiger partial charge in [0.2, 0.25) is 6.10 Å². The Morgan fingerprint density at radius 1 is 1.13 bits per heavy atom. The van der Waals surface area contributed by atoms with Crippen LogP contribution < -0.4 is 5.32 Å². The van der Waals surface area contributed by atoms with Crippen molar-refractivity contribution in [3.05, 3.63) is 58.5 Å². The summed E-state index contributed by atoms with van der Waals surface area (Å²) in [5.74, 6) is -0.779. The molecule has 0 spiro atoms. The van der Waals surface area contributed by atoms with Gasteiger partial charge < -0.3 is 14.5 Å². The molecule has 6 heteroatoms. The first-order chi connectivity index (χ1) is 10.8. The molecule has 0 saturated carbocycles. The minimum Gasteiger partial charge on any atom is -0.450 e. The van der Waals surface area contributed by atoms with E-state index in [-0.39, 0.29) is 5.76 Å². The third kappa shape index (κ3) is 4.96. The predicted molar refractivity (Wildman–Crippen MR) is 88.9 cm³/mol. The maximum absolute atomic E-state index is 12.5. The van der Waals surface area contributed by atoms with Crippen LogP contribution in [0, 0.1) is 0 Å². The average molecular weight is 380 g/mol. The fourth-order valence-corrected chi connectivity index (χ4v) is 2.21. The molecule has 0 radical (unpaired) electrons. The van der Waals surface area contributed by atoms with Crippen molar-refractivity contribution in [2.75, 3.05) is 0 Å². The summed E-state index contributed by atoms with van der Waals surface area (Å²) in [6.07, 6.45) is -1.16. The van der Waals surface area contributed by atoms with Crippen molar-refractivity contribution in [3.63, 3.8) is 0 Å². The van der Waals surface area contributed by atoms with E-state index >= 15 is 0 Å². The fraction of sp³-hybridized carbons (Fsp3) is 0.294. The van der Waals surface area contributed by atoms with Gasteiger partial charge in [-0.25, -0.2) is 4.79 Å². The molecule has 1 heterocycles. The molecular formula is C17H18BrNO4. The van der Waals surface area contributed by atoms with E-state index in [4.69, 9.17) is 9.15 Å². The van der Waals surface area contributed by atoms with Crippen LogP contribution in [0.3, 0.4) is 0 Å². The zero-order chi connectivity index (χ0) is 17.0. The van der Waals surface area contributed by atoms with Crippen LogP contribution in [0.15, 0.2) is 51.6 Å². The summed E-state index contributed by atoms with van der Waals surface area (Å²) in [5.41, 5.74) is -0.0927. The van der Waals surface area contributed by atoms with E-state index in [0.29, 0.717) is 10.2 Å². The highest BCUT2D eigenvalue weighted by Gasteiger charge is 2.31. The monoisotopic (exact) mass is 379 g/mol. The van der Waals surface area contributed by atoms with Gasteiger partial charge >= 0.3 is 5.97 Å². The molecule has 2 aromatic rings. The number of hydrogen-bond acceptors (Lipinski definition) is 4. The van der Waals surface area contributed by atoms with E-state index in [1.165, 1.54) is 0 Å². The predicted octanol–water partition coefficient (Wildman–Crippen LogP) is 3.85. The van der Waals surface area contributed by atoms with Gasteiger partial charge in [0.1, 0.15) is 0 Å². The minimum absolute atomic E-state index is 0.253. The highest BCUT2D eigenvalue weighted by atomic mass is 79.9. The Balaban J connectivity index is 2.23. The van der Waals surface area contributed by atoms with Crippen LogP contribution in [0.5, 0.6) is 0 Å². The number of furan rings is 1. The molecular weight excluding hydrogens is 362 g/mol. The van der Waals surface area contributed by atoms with Crippen molar-refractivity contribution in [1.29, 1.82) is 0 Å². The lowest BCUT2D eigenvalue weighted by Gasteiger charge is -2.24. The molecule has 0 saturated heterocycles. The van der Waals surface area contributed by atoms with E-state index in [1.807, 2.05) is 20.8 Å². The van der Waals surface area contributed by atoms with Crippen molar-refractivity contribution < 1.29 is 18.7 Å². The van der Waals surface area contributed by atoms with Crippen LogP contribution in [0.25, 0.3) is 0 Å².